The number of hydrogen-bond acceptors (Lipinski definition) is 4. The van der Waals surface area contributed by atoms with Crippen molar-refractivity contribution in [3.05, 3.63) is 0 Å². The zero-order valence-corrected chi connectivity index (χ0v) is 6.29. The normalized spacial score (nSPS) is 21.9. The molecule has 0 atom stereocenters. The number of hydroxylamine groups is 2. The number of morpholine rings is 1. The molecular formula is C6H14N2O2. The second-order valence-electron chi connectivity index (χ2n) is 2.53. The number of rotatable bonds is 2. The minimum absolute atomic E-state index is 0.614. The van der Waals surface area contributed by atoms with Gasteiger partial charge in [0.2, 0.25) is 0 Å². The van der Waals surface area contributed by atoms with Crippen molar-refractivity contribution in [1.82, 2.24) is 9.96 Å². The maximum atomic E-state index is 8.86. The standard InChI is InChI=1S/C6H14N2O2/c1-7(9)6-8-2-4-10-5-3-8/h9H,2-6H2,1H3. The molecule has 10 heavy (non-hydrogen) atoms. The summed E-state index contributed by atoms with van der Waals surface area (Å²) in [5.74, 6) is 0. The molecule has 1 fully saturated rings. The molecule has 4 heteroatoms. The van der Waals surface area contributed by atoms with E-state index in [0.29, 0.717) is 6.67 Å². The van der Waals surface area contributed by atoms with Crippen LogP contribution in [0.25, 0.3) is 0 Å². The lowest BCUT2D eigenvalue weighted by Gasteiger charge is -2.27. The van der Waals surface area contributed by atoms with Gasteiger partial charge in [0.25, 0.3) is 0 Å². The summed E-state index contributed by atoms with van der Waals surface area (Å²) in [5.41, 5.74) is 0. The van der Waals surface area contributed by atoms with Crippen molar-refractivity contribution in [3.8, 4) is 0 Å². The van der Waals surface area contributed by atoms with Crippen molar-refractivity contribution >= 4 is 0 Å². The van der Waals surface area contributed by atoms with E-state index in [-0.39, 0.29) is 0 Å². The largest absolute Gasteiger partial charge is 0.379 e. The first-order valence-electron chi connectivity index (χ1n) is 3.49. The highest BCUT2D eigenvalue weighted by molar-refractivity contribution is 4.58. The molecule has 1 rings (SSSR count). The molecule has 0 aromatic rings. The van der Waals surface area contributed by atoms with E-state index in [9.17, 15) is 0 Å². The smallest absolute Gasteiger partial charge is 0.0752 e. The SMILES string of the molecule is CN(O)CN1CCOCC1. The first-order valence-corrected chi connectivity index (χ1v) is 3.49. The van der Waals surface area contributed by atoms with Gasteiger partial charge in [-0.2, -0.15) is 5.06 Å². The van der Waals surface area contributed by atoms with Crippen LogP contribution in [0.15, 0.2) is 0 Å². The van der Waals surface area contributed by atoms with Crippen molar-refractivity contribution in [1.29, 1.82) is 0 Å². The Labute approximate surface area is 60.9 Å². The lowest BCUT2D eigenvalue weighted by molar-refractivity contribution is -0.115. The quantitative estimate of drug-likeness (QED) is 0.538. The average molecular weight is 146 g/mol. The van der Waals surface area contributed by atoms with E-state index in [2.05, 4.69) is 4.90 Å². The zero-order chi connectivity index (χ0) is 7.40. The molecule has 0 spiro atoms. The third-order valence-electron chi connectivity index (χ3n) is 1.51. The molecule has 0 unspecified atom stereocenters. The van der Waals surface area contributed by atoms with Crippen LogP contribution in [0.4, 0.5) is 0 Å². The van der Waals surface area contributed by atoms with Crippen LogP contribution in [0.1, 0.15) is 0 Å². The molecule has 0 bridgehead atoms. The molecule has 1 N–H and O–H groups in total. The van der Waals surface area contributed by atoms with Crippen LogP contribution >= 0.6 is 0 Å². The summed E-state index contributed by atoms with van der Waals surface area (Å²) in [6.07, 6.45) is 0. The van der Waals surface area contributed by atoms with Crippen LogP contribution in [0, 0.1) is 0 Å². The molecule has 4 nitrogen and oxygen atoms in total. The highest BCUT2D eigenvalue weighted by Gasteiger charge is 2.10. The van der Waals surface area contributed by atoms with Crippen molar-refractivity contribution in [2.45, 2.75) is 0 Å². The highest BCUT2D eigenvalue weighted by Crippen LogP contribution is 1.95. The molecule has 0 saturated carbocycles. The Kier molecular flexibility index (Phi) is 3.08. The van der Waals surface area contributed by atoms with Gasteiger partial charge in [0.1, 0.15) is 0 Å². The van der Waals surface area contributed by atoms with E-state index < -0.39 is 0 Å². The van der Waals surface area contributed by atoms with Crippen LogP contribution in [-0.2, 0) is 4.74 Å². The lowest BCUT2D eigenvalue weighted by atomic mass is 10.4. The summed E-state index contributed by atoms with van der Waals surface area (Å²) in [4.78, 5) is 2.14. The minimum Gasteiger partial charge on any atom is -0.379 e. The van der Waals surface area contributed by atoms with Gasteiger partial charge in [-0.05, 0) is 0 Å². The molecule has 1 heterocycles. The molecule has 1 saturated heterocycles. The Bertz CT molecular complexity index is 91.7. The van der Waals surface area contributed by atoms with Crippen LogP contribution in [0.2, 0.25) is 0 Å². The van der Waals surface area contributed by atoms with Crippen LogP contribution in [0.3, 0.4) is 0 Å². The van der Waals surface area contributed by atoms with Gasteiger partial charge in [0.05, 0.1) is 19.9 Å². The van der Waals surface area contributed by atoms with Gasteiger partial charge < -0.3 is 9.94 Å². The number of hydrogen-bond donors (Lipinski definition) is 1. The average Bonchev–Trinajstić information content (AvgIpc) is 1.88. The summed E-state index contributed by atoms with van der Waals surface area (Å²) in [5, 5.41) is 10.0. The van der Waals surface area contributed by atoms with E-state index in [4.69, 9.17) is 9.94 Å². The Morgan fingerprint density at radius 2 is 2.10 bits per heavy atom. The number of nitrogens with zero attached hydrogens (tertiary/aromatic N) is 2. The molecule has 0 aliphatic carbocycles. The molecule has 1 aliphatic rings. The van der Waals surface area contributed by atoms with Gasteiger partial charge in [-0.1, -0.05) is 0 Å². The maximum Gasteiger partial charge on any atom is 0.0752 e. The minimum atomic E-state index is 0.614. The van der Waals surface area contributed by atoms with E-state index in [1.165, 1.54) is 5.06 Å². The van der Waals surface area contributed by atoms with E-state index >= 15 is 0 Å². The van der Waals surface area contributed by atoms with Crippen LogP contribution in [0.5, 0.6) is 0 Å². The van der Waals surface area contributed by atoms with Crippen molar-refractivity contribution < 1.29 is 9.94 Å². The van der Waals surface area contributed by atoms with E-state index in [0.717, 1.165) is 26.3 Å². The summed E-state index contributed by atoms with van der Waals surface area (Å²) >= 11 is 0. The molecule has 0 radical (unpaired) electrons. The Hall–Kier alpha value is -0.160. The summed E-state index contributed by atoms with van der Waals surface area (Å²) < 4.78 is 5.14. The van der Waals surface area contributed by atoms with Gasteiger partial charge in [-0.15, -0.1) is 0 Å². The second kappa shape index (κ2) is 3.88. The Morgan fingerprint density at radius 3 is 2.60 bits per heavy atom. The first-order chi connectivity index (χ1) is 4.79. The molecular weight excluding hydrogens is 132 g/mol. The van der Waals surface area contributed by atoms with Crippen molar-refractivity contribution in [2.75, 3.05) is 40.0 Å². The molecule has 60 valence electrons. The summed E-state index contributed by atoms with van der Waals surface area (Å²) in [6, 6.07) is 0. The number of ether oxygens (including phenoxy) is 1. The van der Waals surface area contributed by atoms with Gasteiger partial charge >= 0.3 is 0 Å². The van der Waals surface area contributed by atoms with E-state index in [1.54, 1.807) is 7.05 Å². The fourth-order valence-electron chi connectivity index (χ4n) is 1.03. The fraction of sp³-hybridized carbons (Fsp3) is 1.00. The highest BCUT2D eigenvalue weighted by atomic mass is 16.5. The van der Waals surface area contributed by atoms with Crippen molar-refractivity contribution in [2.24, 2.45) is 0 Å². The molecule has 0 amide bonds. The van der Waals surface area contributed by atoms with E-state index in [1.807, 2.05) is 0 Å². The summed E-state index contributed by atoms with van der Waals surface area (Å²) in [7, 11) is 1.65. The molecule has 1 aliphatic heterocycles. The van der Waals surface area contributed by atoms with Crippen LogP contribution in [-0.4, -0.2) is 55.2 Å². The Morgan fingerprint density at radius 1 is 1.50 bits per heavy atom. The van der Waals surface area contributed by atoms with Gasteiger partial charge in [-0.25, -0.2) is 0 Å². The van der Waals surface area contributed by atoms with Gasteiger partial charge in [0.15, 0.2) is 0 Å². The zero-order valence-electron chi connectivity index (χ0n) is 6.29. The van der Waals surface area contributed by atoms with Gasteiger partial charge in [-0.3, -0.25) is 4.90 Å². The maximum absolute atomic E-state index is 8.86. The lowest BCUT2D eigenvalue weighted by Crippen LogP contribution is -2.41. The molecule has 0 aromatic heterocycles. The fourth-order valence-corrected chi connectivity index (χ4v) is 1.03. The molecule has 0 aromatic carbocycles. The van der Waals surface area contributed by atoms with Crippen molar-refractivity contribution in [3.63, 3.8) is 0 Å². The van der Waals surface area contributed by atoms with Gasteiger partial charge in [0, 0.05) is 20.1 Å². The third kappa shape index (κ3) is 2.62. The predicted molar refractivity (Wildman–Crippen MR) is 36.8 cm³/mol. The monoisotopic (exact) mass is 146 g/mol. The summed E-state index contributed by atoms with van der Waals surface area (Å²) in [6.45, 7) is 4.03. The Balaban J connectivity index is 2.13. The van der Waals surface area contributed by atoms with Crippen LogP contribution < -0.4 is 0 Å². The predicted octanol–water partition coefficient (Wildman–Crippen LogP) is -0.403. The first kappa shape index (κ1) is 7.94. The topological polar surface area (TPSA) is 35.9 Å². The third-order valence-corrected chi connectivity index (χ3v) is 1.51. The second-order valence-corrected chi connectivity index (χ2v) is 2.53.